The first kappa shape index (κ1) is 15.8. The topological polar surface area (TPSA) is 47.3 Å². The Labute approximate surface area is 136 Å². The van der Waals surface area contributed by atoms with Crippen LogP contribution in [0.15, 0.2) is 6.07 Å². The molecule has 1 aromatic heterocycles. The van der Waals surface area contributed by atoms with Crippen LogP contribution in [0.5, 0.6) is 0 Å². The fourth-order valence-corrected chi connectivity index (χ4v) is 6.35. The molecule has 0 spiro atoms. The van der Waals surface area contributed by atoms with Crippen LogP contribution < -0.4 is 11.3 Å². The van der Waals surface area contributed by atoms with Gasteiger partial charge in [0.15, 0.2) is 0 Å². The van der Waals surface area contributed by atoms with E-state index in [1.165, 1.54) is 22.6 Å². The summed E-state index contributed by atoms with van der Waals surface area (Å²) in [7, 11) is 0. The number of fused-ring (bicyclic) bond motifs is 1. The minimum absolute atomic E-state index is 0.0734. The first-order valence-electron chi connectivity index (χ1n) is 7.68. The van der Waals surface area contributed by atoms with Gasteiger partial charge < -0.3 is 4.74 Å². The second kappa shape index (κ2) is 5.53. The summed E-state index contributed by atoms with van der Waals surface area (Å²) in [6.07, 6.45) is 2.24. The van der Waals surface area contributed by atoms with Crippen LogP contribution in [0.2, 0.25) is 0 Å². The highest BCUT2D eigenvalue weighted by Gasteiger charge is 2.49. The minimum Gasteiger partial charge on any atom is -0.369 e. The summed E-state index contributed by atoms with van der Waals surface area (Å²) >= 11 is 3.98. The lowest BCUT2D eigenvalue weighted by molar-refractivity contribution is -0.0777. The molecule has 0 radical (unpaired) electrons. The van der Waals surface area contributed by atoms with Gasteiger partial charge in [-0.2, -0.15) is 11.8 Å². The van der Waals surface area contributed by atoms with Crippen LogP contribution in [0, 0.1) is 5.92 Å². The third kappa shape index (κ3) is 3.04. The van der Waals surface area contributed by atoms with Gasteiger partial charge in [-0.05, 0) is 57.9 Å². The molecule has 3 nitrogen and oxygen atoms in total. The molecule has 118 valence electrons. The maximum atomic E-state index is 6.26. The summed E-state index contributed by atoms with van der Waals surface area (Å²) in [4.78, 5) is 2.93. The molecular weight excluding hydrogens is 300 g/mol. The third-order valence-electron chi connectivity index (χ3n) is 4.68. The standard InChI is InChI=1S/C16H26N2OS2/c1-15(2)8-11(16(3,4)19-15)14(18-17)13-7-10-9-20-6-5-12(10)21-13/h7,11,14,18H,5-6,8-9,17H2,1-4H3. The van der Waals surface area contributed by atoms with E-state index in [2.05, 4.69) is 39.2 Å². The lowest BCUT2D eigenvalue weighted by Crippen LogP contribution is -2.40. The maximum Gasteiger partial charge on any atom is 0.0681 e. The summed E-state index contributed by atoms with van der Waals surface area (Å²) in [5.74, 6) is 8.74. The summed E-state index contributed by atoms with van der Waals surface area (Å²) in [5.41, 5.74) is 4.38. The molecule has 3 N–H and O–H groups in total. The van der Waals surface area contributed by atoms with Crippen molar-refractivity contribution in [3.05, 3.63) is 21.4 Å². The molecule has 5 heteroatoms. The van der Waals surface area contributed by atoms with Crippen LogP contribution in [-0.2, 0) is 16.9 Å². The fraction of sp³-hybridized carbons (Fsp3) is 0.750. The van der Waals surface area contributed by atoms with Crippen LogP contribution in [0.25, 0.3) is 0 Å². The van der Waals surface area contributed by atoms with E-state index in [1.54, 1.807) is 4.88 Å². The first-order valence-corrected chi connectivity index (χ1v) is 9.65. The maximum absolute atomic E-state index is 6.26. The van der Waals surface area contributed by atoms with Gasteiger partial charge in [0.1, 0.15) is 0 Å². The Morgan fingerprint density at radius 3 is 2.71 bits per heavy atom. The number of hydrazine groups is 1. The Kier molecular flexibility index (Phi) is 4.17. The van der Waals surface area contributed by atoms with E-state index in [1.807, 2.05) is 23.1 Å². The predicted octanol–water partition coefficient (Wildman–Crippen LogP) is 3.64. The molecule has 3 rings (SSSR count). The van der Waals surface area contributed by atoms with Crippen molar-refractivity contribution in [3.8, 4) is 0 Å². The van der Waals surface area contributed by atoms with Gasteiger partial charge in [-0.1, -0.05) is 0 Å². The lowest BCUT2D eigenvalue weighted by atomic mass is 9.81. The molecule has 0 amide bonds. The van der Waals surface area contributed by atoms with Crippen molar-refractivity contribution < 1.29 is 4.74 Å². The van der Waals surface area contributed by atoms with Crippen molar-refractivity contribution >= 4 is 23.1 Å². The summed E-state index contributed by atoms with van der Waals surface area (Å²) in [6.45, 7) is 8.75. The largest absolute Gasteiger partial charge is 0.369 e. The number of hydrogen-bond acceptors (Lipinski definition) is 5. The number of thiophene rings is 1. The average Bonchev–Trinajstić information content (AvgIpc) is 2.88. The molecule has 2 aliphatic rings. The van der Waals surface area contributed by atoms with E-state index in [9.17, 15) is 0 Å². The Hall–Kier alpha value is -0.0700. The number of hydrogen-bond donors (Lipinski definition) is 2. The zero-order chi connectivity index (χ0) is 15.3. The first-order chi connectivity index (χ1) is 9.82. The zero-order valence-electron chi connectivity index (χ0n) is 13.4. The number of thioether (sulfide) groups is 1. The smallest absolute Gasteiger partial charge is 0.0681 e. The Balaban J connectivity index is 1.90. The Morgan fingerprint density at radius 1 is 1.38 bits per heavy atom. The normalized spacial score (nSPS) is 28.3. The van der Waals surface area contributed by atoms with Gasteiger partial charge in [-0.3, -0.25) is 11.3 Å². The number of nitrogens with two attached hydrogens (primary N) is 1. The number of nitrogens with one attached hydrogen (secondary N) is 1. The molecule has 0 bridgehead atoms. The van der Waals surface area contributed by atoms with E-state index >= 15 is 0 Å². The highest BCUT2D eigenvalue weighted by atomic mass is 32.2. The summed E-state index contributed by atoms with van der Waals surface area (Å²) in [6, 6.07) is 2.56. The van der Waals surface area contributed by atoms with Crippen molar-refractivity contribution in [1.29, 1.82) is 0 Å². The van der Waals surface area contributed by atoms with Crippen LogP contribution in [0.4, 0.5) is 0 Å². The van der Waals surface area contributed by atoms with E-state index in [0.717, 1.165) is 12.2 Å². The van der Waals surface area contributed by atoms with Gasteiger partial charge in [0.25, 0.3) is 0 Å². The van der Waals surface area contributed by atoms with Gasteiger partial charge in [-0.25, -0.2) is 0 Å². The van der Waals surface area contributed by atoms with Gasteiger partial charge in [0, 0.05) is 21.4 Å². The van der Waals surface area contributed by atoms with E-state index in [4.69, 9.17) is 10.6 Å². The van der Waals surface area contributed by atoms with Crippen LogP contribution in [0.1, 0.15) is 55.5 Å². The van der Waals surface area contributed by atoms with Crippen molar-refractivity contribution in [2.24, 2.45) is 11.8 Å². The van der Waals surface area contributed by atoms with Crippen molar-refractivity contribution in [2.45, 2.75) is 63.5 Å². The quantitative estimate of drug-likeness (QED) is 0.658. The molecule has 1 fully saturated rings. The molecule has 2 aliphatic heterocycles. The number of aryl methyl sites for hydroxylation is 1. The van der Waals surface area contributed by atoms with Gasteiger partial charge in [0.2, 0.25) is 0 Å². The Bertz CT molecular complexity index is 501. The van der Waals surface area contributed by atoms with Crippen molar-refractivity contribution in [2.75, 3.05) is 5.75 Å². The van der Waals surface area contributed by atoms with Crippen LogP contribution >= 0.6 is 23.1 Å². The number of ether oxygens (including phenoxy) is 1. The van der Waals surface area contributed by atoms with Gasteiger partial charge in [-0.15, -0.1) is 11.3 Å². The molecule has 0 aliphatic carbocycles. The molecule has 1 aromatic rings. The third-order valence-corrected chi connectivity index (χ3v) is 7.01. The molecule has 0 aromatic carbocycles. The van der Waals surface area contributed by atoms with E-state index in [-0.39, 0.29) is 17.2 Å². The average molecular weight is 327 g/mol. The van der Waals surface area contributed by atoms with Gasteiger partial charge in [0.05, 0.1) is 17.2 Å². The molecular formula is C16H26N2OS2. The SMILES string of the molecule is CC1(C)CC(C(NN)c2cc3c(s2)CCSC3)C(C)(C)O1. The second-order valence-electron chi connectivity index (χ2n) is 7.32. The summed E-state index contributed by atoms with van der Waals surface area (Å²) < 4.78 is 6.26. The molecule has 0 saturated carbocycles. The molecule has 2 atom stereocenters. The summed E-state index contributed by atoms with van der Waals surface area (Å²) in [5, 5.41) is 0. The lowest BCUT2D eigenvalue weighted by Gasteiger charge is -2.32. The fourth-order valence-electron chi connectivity index (χ4n) is 3.84. The monoisotopic (exact) mass is 326 g/mol. The molecule has 21 heavy (non-hydrogen) atoms. The number of rotatable bonds is 3. The molecule has 3 heterocycles. The minimum atomic E-state index is -0.153. The second-order valence-corrected chi connectivity index (χ2v) is 9.59. The molecule has 2 unspecified atom stereocenters. The van der Waals surface area contributed by atoms with Crippen LogP contribution in [-0.4, -0.2) is 17.0 Å². The predicted molar refractivity (Wildman–Crippen MR) is 91.6 cm³/mol. The van der Waals surface area contributed by atoms with Crippen molar-refractivity contribution in [3.63, 3.8) is 0 Å². The van der Waals surface area contributed by atoms with E-state index < -0.39 is 0 Å². The van der Waals surface area contributed by atoms with Crippen molar-refractivity contribution in [1.82, 2.24) is 5.43 Å². The van der Waals surface area contributed by atoms with Crippen LogP contribution in [0.3, 0.4) is 0 Å². The van der Waals surface area contributed by atoms with Gasteiger partial charge >= 0.3 is 0 Å². The zero-order valence-corrected chi connectivity index (χ0v) is 15.0. The Morgan fingerprint density at radius 2 is 2.14 bits per heavy atom. The molecule has 1 saturated heterocycles. The highest BCUT2D eigenvalue weighted by Crippen LogP contribution is 2.49. The highest BCUT2D eigenvalue weighted by molar-refractivity contribution is 7.98. The van der Waals surface area contributed by atoms with E-state index in [0.29, 0.717) is 5.92 Å².